The predicted molar refractivity (Wildman–Crippen MR) is 152 cm³/mol. The van der Waals surface area contributed by atoms with Gasteiger partial charge in [-0.25, -0.2) is 9.80 Å². The van der Waals surface area contributed by atoms with E-state index < -0.39 is 5.97 Å². The van der Waals surface area contributed by atoms with Gasteiger partial charge in [0.1, 0.15) is 5.75 Å². The van der Waals surface area contributed by atoms with Crippen molar-refractivity contribution in [2.45, 2.75) is 25.7 Å². The number of carboxylic acid groups (broad SMARTS) is 1. The number of fused-ring (bicyclic) bond motifs is 1. The Bertz CT molecular complexity index is 1400. The van der Waals surface area contributed by atoms with Gasteiger partial charge in [0.15, 0.2) is 11.5 Å². The molecule has 8 nitrogen and oxygen atoms in total. The number of para-hydroxylation sites is 1. The molecule has 0 bridgehead atoms. The molecule has 3 aromatic rings. The number of nitrogens with zero attached hydrogens (tertiary/aromatic N) is 2. The molecule has 0 aromatic heterocycles. The van der Waals surface area contributed by atoms with E-state index >= 15 is 0 Å². The predicted octanol–water partition coefficient (Wildman–Crippen LogP) is 5.96. The Hall–Kier alpha value is -4.59. The second-order valence-electron chi connectivity index (χ2n) is 9.73. The molecule has 1 aliphatic heterocycles. The number of aromatic carboxylic acids is 1. The second-order valence-corrected chi connectivity index (χ2v) is 9.73. The van der Waals surface area contributed by atoms with Crippen molar-refractivity contribution < 1.29 is 28.9 Å². The minimum Gasteiger partial charge on any atom is -0.494 e. The number of hydrogen-bond donors (Lipinski definition) is 1. The summed E-state index contributed by atoms with van der Waals surface area (Å²) in [6, 6.07) is 21.7. The molecule has 0 saturated carbocycles. The molecule has 8 heteroatoms. The summed E-state index contributed by atoms with van der Waals surface area (Å²) in [5, 5.41) is 15.4. The van der Waals surface area contributed by atoms with E-state index in [1.807, 2.05) is 48.5 Å². The van der Waals surface area contributed by atoms with Crippen molar-refractivity contribution in [1.29, 1.82) is 0 Å². The summed E-state index contributed by atoms with van der Waals surface area (Å²) >= 11 is 0. The number of carbonyl (C=O) groups is 2. The molecule has 0 fully saturated rings. The van der Waals surface area contributed by atoms with Crippen LogP contribution >= 0.6 is 0 Å². The lowest BCUT2D eigenvalue weighted by Gasteiger charge is -2.37. The molecule has 1 N–H and O–H groups in total. The molecule has 3 aromatic carbocycles. The quantitative estimate of drug-likeness (QED) is 0.238. The summed E-state index contributed by atoms with van der Waals surface area (Å²) in [4.78, 5) is 24.3. The van der Waals surface area contributed by atoms with Crippen LogP contribution in [-0.4, -0.2) is 43.0 Å². The molecular formula is C32H32N2O6. The lowest BCUT2D eigenvalue weighted by Crippen LogP contribution is -2.45. The molecule has 2 atom stereocenters. The van der Waals surface area contributed by atoms with Gasteiger partial charge in [0.2, 0.25) is 0 Å². The van der Waals surface area contributed by atoms with Crippen molar-refractivity contribution >= 4 is 23.3 Å². The molecule has 0 radical (unpaired) electrons. The van der Waals surface area contributed by atoms with Crippen molar-refractivity contribution in [3.63, 3.8) is 0 Å². The lowest BCUT2D eigenvalue weighted by molar-refractivity contribution is -0.123. The lowest BCUT2D eigenvalue weighted by atomic mass is 9.76. The van der Waals surface area contributed by atoms with E-state index in [4.69, 9.17) is 24.4 Å². The normalized spacial score (nSPS) is 18.1. The third-order valence-electron chi connectivity index (χ3n) is 7.14. The van der Waals surface area contributed by atoms with E-state index in [-0.39, 0.29) is 23.3 Å². The zero-order chi connectivity index (χ0) is 27.9. The van der Waals surface area contributed by atoms with Gasteiger partial charge in [0.05, 0.1) is 43.2 Å². The minimum atomic E-state index is -0.962. The maximum atomic E-state index is 13.4. The highest BCUT2D eigenvalue weighted by Gasteiger charge is 2.40. The highest BCUT2D eigenvalue weighted by molar-refractivity contribution is 6.11. The smallest absolute Gasteiger partial charge is 0.335 e. The molecule has 1 amide bonds. The summed E-state index contributed by atoms with van der Waals surface area (Å²) in [6.45, 7) is 0.959. The molecular weight excluding hydrogens is 508 g/mol. The van der Waals surface area contributed by atoms with Crippen molar-refractivity contribution in [3.8, 4) is 17.2 Å². The Balaban J connectivity index is 1.26. The van der Waals surface area contributed by atoms with Gasteiger partial charge in [-0.15, -0.1) is 0 Å². The van der Waals surface area contributed by atoms with Crippen LogP contribution in [0.5, 0.6) is 17.2 Å². The van der Waals surface area contributed by atoms with Crippen LogP contribution in [0, 0.1) is 11.8 Å². The van der Waals surface area contributed by atoms with Crippen molar-refractivity contribution in [2.75, 3.05) is 25.3 Å². The van der Waals surface area contributed by atoms with Gasteiger partial charge in [-0.2, -0.15) is 5.10 Å². The average molecular weight is 541 g/mol. The summed E-state index contributed by atoms with van der Waals surface area (Å²) in [5.74, 6) is 0.785. The first-order chi connectivity index (χ1) is 19.5. The fourth-order valence-corrected chi connectivity index (χ4v) is 5.02. The van der Waals surface area contributed by atoms with Crippen LogP contribution in [0.4, 0.5) is 5.69 Å². The van der Waals surface area contributed by atoms with Crippen LogP contribution < -0.4 is 19.2 Å². The van der Waals surface area contributed by atoms with Gasteiger partial charge < -0.3 is 19.3 Å². The van der Waals surface area contributed by atoms with Gasteiger partial charge in [0, 0.05) is 11.5 Å². The van der Waals surface area contributed by atoms with E-state index in [9.17, 15) is 9.59 Å². The van der Waals surface area contributed by atoms with Crippen molar-refractivity contribution in [3.05, 3.63) is 96.1 Å². The van der Waals surface area contributed by atoms with Crippen LogP contribution in [0.1, 0.15) is 41.6 Å². The van der Waals surface area contributed by atoms with Crippen molar-refractivity contribution in [2.24, 2.45) is 16.9 Å². The zero-order valence-corrected chi connectivity index (χ0v) is 22.4. The van der Waals surface area contributed by atoms with Crippen molar-refractivity contribution in [1.82, 2.24) is 0 Å². The fraction of sp³-hybridized carbons (Fsp3) is 0.281. The van der Waals surface area contributed by atoms with Crippen LogP contribution in [0.15, 0.2) is 90.0 Å². The standard InChI is InChI=1S/C32H32N2O6/c1-38-28-18-15-23(21-29(28)40-20-8-7-19-39-25-16-13-22(14-17-25)32(36)37)30-26-11-5-6-12-27(26)31(35)34(33-30)24-9-3-2-4-10-24/h2-6,9-10,13-18,21,26-27H,7-8,11-12,19-20H2,1H3,(H,36,37). The van der Waals surface area contributed by atoms with E-state index in [0.717, 1.165) is 36.2 Å². The number of rotatable bonds is 11. The number of carboxylic acids is 1. The van der Waals surface area contributed by atoms with Crippen LogP contribution in [0.2, 0.25) is 0 Å². The van der Waals surface area contributed by atoms with E-state index in [0.29, 0.717) is 36.9 Å². The molecule has 2 unspecified atom stereocenters. The number of hydrazone groups is 1. The molecule has 40 heavy (non-hydrogen) atoms. The zero-order valence-electron chi connectivity index (χ0n) is 22.4. The molecule has 5 rings (SSSR count). The van der Waals surface area contributed by atoms with E-state index in [1.165, 1.54) is 17.1 Å². The van der Waals surface area contributed by atoms with Crippen LogP contribution in [-0.2, 0) is 4.79 Å². The Labute approximate surface area is 233 Å². The molecule has 206 valence electrons. The van der Waals surface area contributed by atoms with Gasteiger partial charge >= 0.3 is 5.97 Å². The monoisotopic (exact) mass is 540 g/mol. The number of allylic oxidation sites excluding steroid dienone is 2. The molecule has 0 spiro atoms. The number of anilines is 1. The number of hydrogen-bond acceptors (Lipinski definition) is 6. The van der Waals surface area contributed by atoms with Crippen LogP contribution in [0.25, 0.3) is 0 Å². The third-order valence-corrected chi connectivity index (χ3v) is 7.14. The summed E-state index contributed by atoms with van der Waals surface area (Å²) in [7, 11) is 1.61. The van der Waals surface area contributed by atoms with Gasteiger partial charge in [-0.1, -0.05) is 30.4 Å². The number of amides is 1. The Morgan fingerprint density at radius 3 is 2.30 bits per heavy atom. The topological polar surface area (TPSA) is 97.7 Å². The number of unbranched alkanes of at least 4 members (excludes halogenated alkanes) is 1. The molecule has 1 aliphatic carbocycles. The third kappa shape index (κ3) is 6.01. The highest BCUT2D eigenvalue weighted by atomic mass is 16.5. The Morgan fingerprint density at radius 1 is 0.900 bits per heavy atom. The molecule has 1 heterocycles. The molecule has 0 saturated heterocycles. The number of methoxy groups -OCH3 is 1. The first-order valence-electron chi connectivity index (χ1n) is 13.4. The van der Waals surface area contributed by atoms with Gasteiger partial charge in [0.25, 0.3) is 5.91 Å². The first kappa shape index (κ1) is 27.0. The maximum absolute atomic E-state index is 13.4. The maximum Gasteiger partial charge on any atom is 0.335 e. The summed E-state index contributed by atoms with van der Waals surface area (Å²) < 4.78 is 17.4. The Morgan fingerprint density at radius 2 is 1.60 bits per heavy atom. The largest absolute Gasteiger partial charge is 0.494 e. The summed E-state index contributed by atoms with van der Waals surface area (Å²) in [5.41, 5.74) is 2.75. The average Bonchev–Trinajstić information content (AvgIpc) is 3.00. The number of carbonyl (C=O) groups excluding carboxylic acids is 1. The second kappa shape index (κ2) is 12.5. The molecule has 2 aliphatic rings. The van der Waals surface area contributed by atoms with Crippen LogP contribution in [0.3, 0.4) is 0 Å². The van der Waals surface area contributed by atoms with Gasteiger partial charge in [-0.3, -0.25) is 4.79 Å². The first-order valence-corrected chi connectivity index (χ1v) is 13.4. The fourth-order valence-electron chi connectivity index (χ4n) is 5.02. The highest BCUT2D eigenvalue weighted by Crippen LogP contribution is 2.38. The number of benzene rings is 3. The number of ether oxygens (including phenoxy) is 3. The van der Waals surface area contributed by atoms with Gasteiger partial charge in [-0.05, 0) is 80.3 Å². The van der Waals surface area contributed by atoms with E-state index in [1.54, 1.807) is 19.2 Å². The minimum absolute atomic E-state index is 0.000389. The summed E-state index contributed by atoms with van der Waals surface area (Å²) in [6.07, 6.45) is 7.19. The SMILES string of the molecule is COc1ccc(C2=NN(c3ccccc3)C(=O)C3CC=CCC23)cc1OCCCCOc1ccc(C(=O)O)cc1. The van der Waals surface area contributed by atoms with E-state index in [2.05, 4.69) is 12.2 Å². The Kier molecular flexibility index (Phi) is 8.44.